The van der Waals surface area contributed by atoms with Crippen LogP contribution in [0.2, 0.25) is 0 Å². The lowest BCUT2D eigenvalue weighted by Gasteiger charge is -2.07. The number of hydrogen-bond acceptors (Lipinski definition) is 3. The number of carbonyl (C=O) groups is 1. The van der Waals surface area contributed by atoms with E-state index in [1.165, 1.54) is 0 Å². The van der Waals surface area contributed by atoms with Crippen molar-refractivity contribution in [3.05, 3.63) is 54.1 Å². The first kappa shape index (κ1) is 16.4. The maximum Gasteiger partial charge on any atom is 0.338 e. The SMILES string of the molecule is CC(Cl)CCCOC(=O)c1ccc(-c2ccc(O)cc2)cc1. The molecule has 1 atom stereocenters. The van der Waals surface area contributed by atoms with Gasteiger partial charge in [0.05, 0.1) is 12.2 Å². The van der Waals surface area contributed by atoms with E-state index in [0.29, 0.717) is 12.2 Å². The van der Waals surface area contributed by atoms with Crippen LogP contribution < -0.4 is 0 Å². The number of alkyl halides is 1. The fourth-order valence-corrected chi connectivity index (χ4v) is 2.22. The number of ether oxygens (including phenoxy) is 1. The van der Waals surface area contributed by atoms with E-state index in [4.69, 9.17) is 16.3 Å². The van der Waals surface area contributed by atoms with Gasteiger partial charge >= 0.3 is 5.97 Å². The Bertz CT molecular complexity index is 603. The Morgan fingerprint density at radius 1 is 1.09 bits per heavy atom. The second-order valence-electron chi connectivity index (χ2n) is 5.18. The second kappa shape index (κ2) is 7.85. The van der Waals surface area contributed by atoms with Gasteiger partial charge in [-0.1, -0.05) is 24.3 Å². The summed E-state index contributed by atoms with van der Waals surface area (Å²) in [4.78, 5) is 11.9. The molecule has 2 aromatic carbocycles. The van der Waals surface area contributed by atoms with Gasteiger partial charge in [-0.15, -0.1) is 11.6 Å². The Labute approximate surface area is 135 Å². The van der Waals surface area contributed by atoms with Crippen molar-refractivity contribution in [3.63, 3.8) is 0 Å². The molecule has 4 heteroatoms. The van der Waals surface area contributed by atoms with Crippen molar-refractivity contribution in [2.75, 3.05) is 6.61 Å². The number of rotatable bonds is 6. The number of phenols is 1. The molecule has 0 aliphatic heterocycles. The molecule has 1 N–H and O–H groups in total. The predicted molar refractivity (Wildman–Crippen MR) is 88.4 cm³/mol. The van der Waals surface area contributed by atoms with Crippen LogP contribution in [0.15, 0.2) is 48.5 Å². The zero-order chi connectivity index (χ0) is 15.9. The standard InChI is InChI=1S/C18H19ClO3/c1-13(19)3-2-12-22-18(21)16-6-4-14(5-7-16)15-8-10-17(20)11-9-15/h4-11,13,20H,2-3,12H2,1H3. The zero-order valence-electron chi connectivity index (χ0n) is 12.5. The van der Waals surface area contributed by atoms with Crippen LogP contribution in [0.3, 0.4) is 0 Å². The largest absolute Gasteiger partial charge is 0.508 e. The van der Waals surface area contributed by atoms with Gasteiger partial charge in [0.2, 0.25) is 0 Å². The molecule has 0 aromatic heterocycles. The van der Waals surface area contributed by atoms with Gasteiger partial charge in [-0.25, -0.2) is 4.79 Å². The van der Waals surface area contributed by atoms with Crippen LogP contribution in [0.1, 0.15) is 30.1 Å². The lowest BCUT2D eigenvalue weighted by atomic mass is 10.0. The van der Waals surface area contributed by atoms with E-state index in [1.54, 1.807) is 24.3 Å². The fraction of sp³-hybridized carbons (Fsp3) is 0.278. The Hall–Kier alpha value is -2.00. The topological polar surface area (TPSA) is 46.5 Å². The summed E-state index contributed by atoms with van der Waals surface area (Å²) in [6, 6.07) is 14.1. The number of hydrogen-bond donors (Lipinski definition) is 1. The van der Waals surface area contributed by atoms with Gasteiger partial charge in [-0.3, -0.25) is 0 Å². The van der Waals surface area contributed by atoms with Crippen molar-refractivity contribution in [2.24, 2.45) is 0 Å². The van der Waals surface area contributed by atoms with Crippen LogP contribution in [-0.2, 0) is 4.74 Å². The maximum atomic E-state index is 11.9. The van der Waals surface area contributed by atoms with Crippen molar-refractivity contribution in [2.45, 2.75) is 25.1 Å². The summed E-state index contributed by atoms with van der Waals surface area (Å²) >= 11 is 5.84. The molecule has 22 heavy (non-hydrogen) atoms. The molecule has 0 aliphatic carbocycles. The molecule has 2 rings (SSSR count). The molecule has 2 aromatic rings. The molecule has 1 unspecified atom stereocenters. The van der Waals surface area contributed by atoms with Gasteiger partial charge in [-0.2, -0.15) is 0 Å². The van der Waals surface area contributed by atoms with Crippen molar-refractivity contribution in [1.82, 2.24) is 0 Å². The molecule has 0 fully saturated rings. The highest BCUT2D eigenvalue weighted by Crippen LogP contribution is 2.22. The summed E-state index contributed by atoms with van der Waals surface area (Å²) < 4.78 is 5.21. The van der Waals surface area contributed by atoms with Gasteiger partial charge in [0.25, 0.3) is 0 Å². The first-order valence-electron chi connectivity index (χ1n) is 7.27. The third kappa shape index (κ3) is 4.78. The van der Waals surface area contributed by atoms with Crippen LogP contribution in [0.25, 0.3) is 11.1 Å². The van der Waals surface area contributed by atoms with E-state index in [-0.39, 0.29) is 17.1 Å². The van der Waals surface area contributed by atoms with E-state index in [2.05, 4.69) is 0 Å². The van der Waals surface area contributed by atoms with Crippen molar-refractivity contribution < 1.29 is 14.6 Å². The fourth-order valence-electron chi connectivity index (χ4n) is 2.07. The first-order valence-corrected chi connectivity index (χ1v) is 7.70. The molecule has 0 radical (unpaired) electrons. The number of carbonyl (C=O) groups excluding carboxylic acids is 1. The van der Waals surface area contributed by atoms with Crippen LogP contribution in [0.4, 0.5) is 0 Å². The lowest BCUT2D eigenvalue weighted by Crippen LogP contribution is -2.07. The minimum absolute atomic E-state index is 0.100. The molecule has 0 amide bonds. The number of esters is 1. The summed E-state index contributed by atoms with van der Waals surface area (Å²) in [5.74, 6) is -0.0882. The molecule has 116 valence electrons. The minimum Gasteiger partial charge on any atom is -0.508 e. The summed E-state index contributed by atoms with van der Waals surface area (Å²) in [6.45, 7) is 2.31. The van der Waals surface area contributed by atoms with Crippen molar-refractivity contribution in [1.29, 1.82) is 0 Å². The predicted octanol–water partition coefficient (Wildman–Crippen LogP) is 4.62. The van der Waals surface area contributed by atoms with Crippen molar-refractivity contribution in [3.8, 4) is 16.9 Å². The van der Waals surface area contributed by atoms with Gasteiger partial charge < -0.3 is 9.84 Å². The molecule has 0 spiro atoms. The molecule has 0 bridgehead atoms. The minimum atomic E-state index is -0.320. The van der Waals surface area contributed by atoms with E-state index < -0.39 is 0 Å². The van der Waals surface area contributed by atoms with Gasteiger partial charge in [0, 0.05) is 5.38 Å². The number of halogens is 1. The third-order valence-corrected chi connectivity index (χ3v) is 3.52. The van der Waals surface area contributed by atoms with E-state index in [0.717, 1.165) is 24.0 Å². The summed E-state index contributed by atoms with van der Waals surface area (Å²) in [5.41, 5.74) is 2.49. The van der Waals surface area contributed by atoms with Crippen LogP contribution in [0.5, 0.6) is 5.75 Å². The van der Waals surface area contributed by atoms with Gasteiger partial charge in [-0.05, 0) is 55.2 Å². The lowest BCUT2D eigenvalue weighted by molar-refractivity contribution is 0.0498. The summed E-state index contributed by atoms with van der Waals surface area (Å²) in [6.07, 6.45) is 1.59. The first-order chi connectivity index (χ1) is 10.6. The highest BCUT2D eigenvalue weighted by Gasteiger charge is 2.07. The molecular weight excluding hydrogens is 300 g/mol. The molecule has 3 nitrogen and oxygen atoms in total. The molecule has 0 saturated carbocycles. The average molecular weight is 319 g/mol. The Kier molecular flexibility index (Phi) is 5.84. The molecule has 0 saturated heterocycles. The summed E-state index contributed by atoms with van der Waals surface area (Å²) in [7, 11) is 0. The van der Waals surface area contributed by atoms with E-state index >= 15 is 0 Å². The Morgan fingerprint density at radius 2 is 1.64 bits per heavy atom. The van der Waals surface area contributed by atoms with Gasteiger partial charge in [0.1, 0.15) is 5.75 Å². The highest BCUT2D eigenvalue weighted by atomic mass is 35.5. The van der Waals surface area contributed by atoms with Gasteiger partial charge in [0.15, 0.2) is 0 Å². The average Bonchev–Trinajstić information content (AvgIpc) is 2.52. The Morgan fingerprint density at radius 3 is 2.18 bits per heavy atom. The van der Waals surface area contributed by atoms with Crippen LogP contribution in [0, 0.1) is 0 Å². The van der Waals surface area contributed by atoms with E-state index in [1.807, 2.05) is 31.2 Å². The smallest absolute Gasteiger partial charge is 0.338 e. The van der Waals surface area contributed by atoms with Crippen molar-refractivity contribution >= 4 is 17.6 Å². The monoisotopic (exact) mass is 318 g/mol. The summed E-state index contributed by atoms with van der Waals surface area (Å²) in [5, 5.41) is 9.39. The number of phenolic OH excluding ortho intramolecular Hbond substituents is 1. The zero-order valence-corrected chi connectivity index (χ0v) is 13.2. The molecular formula is C18H19ClO3. The Balaban J connectivity index is 1.93. The normalized spacial score (nSPS) is 11.9. The molecule has 0 aliphatic rings. The van der Waals surface area contributed by atoms with Crippen LogP contribution in [-0.4, -0.2) is 23.1 Å². The molecule has 0 heterocycles. The van der Waals surface area contributed by atoms with Crippen LogP contribution >= 0.6 is 11.6 Å². The second-order valence-corrected chi connectivity index (χ2v) is 5.93. The van der Waals surface area contributed by atoms with E-state index in [9.17, 15) is 9.90 Å². The highest BCUT2D eigenvalue weighted by molar-refractivity contribution is 6.20. The third-order valence-electron chi connectivity index (χ3n) is 3.30. The quantitative estimate of drug-likeness (QED) is 0.480. The number of benzene rings is 2. The number of aromatic hydroxyl groups is 1. The maximum absolute atomic E-state index is 11.9.